The summed E-state index contributed by atoms with van der Waals surface area (Å²) >= 11 is 0. The Morgan fingerprint density at radius 2 is 2.10 bits per heavy atom. The van der Waals surface area contributed by atoms with Gasteiger partial charge in [0, 0.05) is 13.1 Å². The fraction of sp³-hybridized carbons (Fsp3) is 0.462. The number of likely N-dealkylation sites (N-methyl/N-ethyl adjacent to an activating group) is 1. The molecule has 0 aliphatic carbocycles. The van der Waals surface area contributed by atoms with Gasteiger partial charge in [-0.25, -0.2) is 13.1 Å². The molecule has 1 N–H and O–H groups in total. The molecular weight excluding hydrogens is 278 g/mol. The SMILES string of the molecule is CN(C)CCOCCNS(=O)(=O)c1cccc(C#N)c1. The summed E-state index contributed by atoms with van der Waals surface area (Å²) < 4.78 is 31.7. The molecule has 110 valence electrons. The average molecular weight is 297 g/mol. The maximum absolute atomic E-state index is 12.0. The highest BCUT2D eigenvalue weighted by Gasteiger charge is 2.13. The summed E-state index contributed by atoms with van der Waals surface area (Å²) in [7, 11) is 0.290. The van der Waals surface area contributed by atoms with Crippen LogP contribution in [0.5, 0.6) is 0 Å². The molecule has 0 spiro atoms. The zero-order chi connectivity index (χ0) is 15.0. The lowest BCUT2D eigenvalue weighted by atomic mass is 10.2. The minimum absolute atomic E-state index is 0.0878. The molecule has 0 amide bonds. The Morgan fingerprint density at radius 1 is 1.35 bits per heavy atom. The number of hydrogen-bond acceptors (Lipinski definition) is 5. The van der Waals surface area contributed by atoms with Gasteiger partial charge in [-0.05, 0) is 32.3 Å². The van der Waals surface area contributed by atoms with Crippen LogP contribution in [0.2, 0.25) is 0 Å². The van der Waals surface area contributed by atoms with E-state index in [0.29, 0.717) is 18.8 Å². The third kappa shape index (κ3) is 5.67. The summed E-state index contributed by atoms with van der Waals surface area (Å²) in [4.78, 5) is 2.07. The Bertz CT molecular complexity index is 564. The van der Waals surface area contributed by atoms with Crippen molar-refractivity contribution in [2.45, 2.75) is 4.90 Å². The maximum Gasteiger partial charge on any atom is 0.240 e. The lowest BCUT2D eigenvalue weighted by molar-refractivity contribution is 0.122. The number of nitrogens with one attached hydrogen (secondary N) is 1. The number of nitrogens with zero attached hydrogens (tertiary/aromatic N) is 2. The fourth-order valence-corrected chi connectivity index (χ4v) is 2.47. The molecule has 0 saturated carbocycles. The molecule has 0 heterocycles. The second-order valence-corrected chi connectivity index (χ2v) is 6.22. The predicted molar refractivity (Wildman–Crippen MR) is 75.7 cm³/mol. The van der Waals surface area contributed by atoms with E-state index in [2.05, 4.69) is 4.72 Å². The first-order valence-corrected chi connectivity index (χ1v) is 7.66. The molecule has 0 bridgehead atoms. The topological polar surface area (TPSA) is 82.4 Å². The van der Waals surface area contributed by atoms with Crippen LogP contribution < -0.4 is 4.72 Å². The van der Waals surface area contributed by atoms with Crippen molar-refractivity contribution in [3.63, 3.8) is 0 Å². The Balaban J connectivity index is 2.44. The van der Waals surface area contributed by atoms with Crippen molar-refractivity contribution in [3.8, 4) is 6.07 Å². The Morgan fingerprint density at radius 3 is 2.75 bits per heavy atom. The van der Waals surface area contributed by atoms with Crippen molar-refractivity contribution in [2.24, 2.45) is 0 Å². The monoisotopic (exact) mass is 297 g/mol. The Labute approximate surface area is 120 Å². The van der Waals surface area contributed by atoms with Gasteiger partial charge in [0.2, 0.25) is 10.0 Å². The van der Waals surface area contributed by atoms with Crippen LogP contribution in [0.3, 0.4) is 0 Å². The first-order valence-electron chi connectivity index (χ1n) is 6.18. The summed E-state index contributed by atoms with van der Waals surface area (Å²) in [5.41, 5.74) is 0.315. The second kappa shape index (κ2) is 7.97. The van der Waals surface area contributed by atoms with E-state index < -0.39 is 10.0 Å². The van der Waals surface area contributed by atoms with Crippen LogP contribution in [0.25, 0.3) is 0 Å². The van der Waals surface area contributed by atoms with Gasteiger partial charge in [-0.3, -0.25) is 0 Å². The molecule has 0 aliphatic heterocycles. The number of ether oxygens (including phenoxy) is 1. The smallest absolute Gasteiger partial charge is 0.240 e. The van der Waals surface area contributed by atoms with Crippen LogP contribution >= 0.6 is 0 Å². The molecule has 6 nitrogen and oxygen atoms in total. The number of hydrogen-bond donors (Lipinski definition) is 1. The molecule has 0 unspecified atom stereocenters. The van der Waals surface area contributed by atoms with Gasteiger partial charge in [0.1, 0.15) is 0 Å². The zero-order valence-electron chi connectivity index (χ0n) is 11.7. The van der Waals surface area contributed by atoms with Crippen molar-refractivity contribution in [2.75, 3.05) is 40.4 Å². The van der Waals surface area contributed by atoms with Gasteiger partial charge in [-0.1, -0.05) is 6.07 Å². The molecule has 0 aromatic heterocycles. The third-order valence-corrected chi connectivity index (χ3v) is 3.95. The van der Waals surface area contributed by atoms with Crippen molar-refractivity contribution in [3.05, 3.63) is 29.8 Å². The molecule has 0 saturated heterocycles. The van der Waals surface area contributed by atoms with E-state index in [1.54, 1.807) is 12.1 Å². The van der Waals surface area contributed by atoms with Crippen LogP contribution in [-0.2, 0) is 14.8 Å². The molecule has 1 rings (SSSR count). The lowest BCUT2D eigenvalue weighted by Crippen LogP contribution is -2.28. The molecule has 0 aliphatic rings. The Kier molecular flexibility index (Phi) is 6.61. The van der Waals surface area contributed by atoms with Gasteiger partial charge >= 0.3 is 0 Å². The second-order valence-electron chi connectivity index (χ2n) is 4.45. The van der Waals surface area contributed by atoms with E-state index in [-0.39, 0.29) is 11.4 Å². The first-order chi connectivity index (χ1) is 9.45. The van der Waals surface area contributed by atoms with Crippen molar-refractivity contribution >= 4 is 10.0 Å². The lowest BCUT2D eigenvalue weighted by Gasteiger charge is -2.10. The molecule has 1 aromatic carbocycles. The normalized spacial score (nSPS) is 11.5. The van der Waals surface area contributed by atoms with Crippen molar-refractivity contribution in [1.82, 2.24) is 9.62 Å². The predicted octanol–water partition coefficient (Wildman–Crippen LogP) is 0.415. The maximum atomic E-state index is 12.0. The number of benzene rings is 1. The molecule has 20 heavy (non-hydrogen) atoms. The molecule has 7 heteroatoms. The van der Waals surface area contributed by atoms with Gasteiger partial charge in [0.15, 0.2) is 0 Å². The van der Waals surface area contributed by atoms with Crippen molar-refractivity contribution in [1.29, 1.82) is 5.26 Å². The van der Waals surface area contributed by atoms with Gasteiger partial charge in [0.05, 0.1) is 29.7 Å². The minimum atomic E-state index is -3.59. The Hall–Kier alpha value is -1.46. The fourth-order valence-electron chi connectivity index (χ4n) is 1.41. The molecular formula is C13H19N3O3S. The van der Waals surface area contributed by atoms with E-state index in [4.69, 9.17) is 10.00 Å². The summed E-state index contributed by atoms with van der Waals surface area (Å²) in [6, 6.07) is 7.81. The van der Waals surface area contributed by atoms with E-state index in [9.17, 15) is 8.42 Å². The largest absolute Gasteiger partial charge is 0.379 e. The number of nitriles is 1. The summed E-state index contributed by atoms with van der Waals surface area (Å²) in [6.07, 6.45) is 0. The summed E-state index contributed by atoms with van der Waals surface area (Å²) in [5.74, 6) is 0. The highest BCUT2D eigenvalue weighted by Crippen LogP contribution is 2.10. The van der Waals surface area contributed by atoms with Gasteiger partial charge in [-0.15, -0.1) is 0 Å². The quantitative estimate of drug-likeness (QED) is 0.703. The van der Waals surface area contributed by atoms with Crippen LogP contribution in [-0.4, -0.2) is 53.7 Å². The standard InChI is InChI=1S/C13H19N3O3S/c1-16(2)7-9-19-8-6-15-20(17,18)13-5-3-4-12(10-13)11-14/h3-5,10,15H,6-9H2,1-2H3. The van der Waals surface area contributed by atoms with Crippen molar-refractivity contribution < 1.29 is 13.2 Å². The molecule has 1 aromatic rings. The zero-order valence-corrected chi connectivity index (χ0v) is 12.5. The van der Waals surface area contributed by atoms with Gasteiger partial charge in [0.25, 0.3) is 0 Å². The van der Waals surface area contributed by atoms with E-state index in [1.165, 1.54) is 12.1 Å². The highest BCUT2D eigenvalue weighted by atomic mass is 32.2. The van der Waals surface area contributed by atoms with Gasteiger partial charge < -0.3 is 9.64 Å². The summed E-state index contributed by atoms with van der Waals surface area (Å²) in [6.45, 7) is 1.85. The third-order valence-electron chi connectivity index (χ3n) is 2.49. The van der Waals surface area contributed by atoms with Crippen LogP contribution in [0.15, 0.2) is 29.2 Å². The highest BCUT2D eigenvalue weighted by molar-refractivity contribution is 7.89. The van der Waals surface area contributed by atoms with E-state index in [0.717, 1.165) is 6.54 Å². The average Bonchev–Trinajstić information content (AvgIpc) is 2.42. The van der Waals surface area contributed by atoms with Gasteiger partial charge in [-0.2, -0.15) is 5.26 Å². The van der Waals surface area contributed by atoms with E-state index >= 15 is 0 Å². The molecule has 0 radical (unpaired) electrons. The minimum Gasteiger partial charge on any atom is -0.379 e. The van der Waals surface area contributed by atoms with Crippen LogP contribution in [0.4, 0.5) is 0 Å². The number of sulfonamides is 1. The number of rotatable bonds is 8. The summed E-state index contributed by atoms with van der Waals surface area (Å²) in [5, 5.41) is 8.76. The molecule has 0 atom stereocenters. The first kappa shape index (κ1) is 16.6. The van der Waals surface area contributed by atoms with E-state index in [1.807, 2.05) is 25.1 Å². The molecule has 0 fully saturated rings. The van der Waals surface area contributed by atoms with Crippen LogP contribution in [0.1, 0.15) is 5.56 Å². The van der Waals surface area contributed by atoms with Crippen LogP contribution in [0, 0.1) is 11.3 Å².